The van der Waals surface area contributed by atoms with Gasteiger partial charge in [-0.3, -0.25) is 9.59 Å². The number of rotatable bonds is 4. The van der Waals surface area contributed by atoms with Crippen LogP contribution in [0.5, 0.6) is 0 Å². The maximum absolute atomic E-state index is 13.9. The summed E-state index contributed by atoms with van der Waals surface area (Å²) in [4.78, 5) is 26.0. The van der Waals surface area contributed by atoms with E-state index in [2.05, 4.69) is 10.4 Å². The second-order valence-electron chi connectivity index (χ2n) is 6.67. The summed E-state index contributed by atoms with van der Waals surface area (Å²) >= 11 is 1.48. The van der Waals surface area contributed by atoms with Gasteiger partial charge in [-0.05, 0) is 31.5 Å². The Morgan fingerprint density at radius 1 is 1.24 bits per heavy atom. The van der Waals surface area contributed by atoms with Crippen molar-refractivity contribution in [2.45, 2.75) is 26.3 Å². The van der Waals surface area contributed by atoms with Crippen molar-refractivity contribution in [3.63, 3.8) is 0 Å². The lowest BCUT2D eigenvalue weighted by Crippen LogP contribution is -2.35. The van der Waals surface area contributed by atoms with E-state index in [1.165, 1.54) is 11.3 Å². The summed E-state index contributed by atoms with van der Waals surface area (Å²) in [7, 11) is 0. The van der Waals surface area contributed by atoms with Crippen molar-refractivity contribution < 1.29 is 13.6 Å². The first-order chi connectivity index (χ1) is 13.9. The number of carbonyl (C=O) groups is 1. The van der Waals surface area contributed by atoms with Gasteiger partial charge in [0.2, 0.25) is 5.91 Å². The number of amides is 1. The highest BCUT2D eigenvalue weighted by Gasteiger charge is 2.25. The number of thiophene rings is 1. The molecule has 0 spiro atoms. The monoisotopic (exact) mass is 413 g/mol. The van der Waals surface area contributed by atoms with Crippen LogP contribution in [0.3, 0.4) is 0 Å². The number of hydrogen-bond acceptors (Lipinski definition) is 4. The molecule has 1 atom stereocenters. The quantitative estimate of drug-likeness (QED) is 0.523. The molecule has 1 N–H and O–H groups in total. The molecule has 5 nitrogen and oxygen atoms in total. The fraction of sp³-hybridized carbons (Fsp3) is 0.190. The second-order valence-corrected chi connectivity index (χ2v) is 7.73. The van der Waals surface area contributed by atoms with Gasteiger partial charge in [0, 0.05) is 16.2 Å². The minimum atomic E-state index is -0.966. The summed E-state index contributed by atoms with van der Waals surface area (Å²) in [6.07, 6.45) is 0.253. The van der Waals surface area contributed by atoms with E-state index >= 15 is 0 Å². The van der Waals surface area contributed by atoms with Crippen LogP contribution in [-0.4, -0.2) is 15.7 Å². The smallest absolute Gasteiger partial charge is 0.276 e. The highest BCUT2D eigenvalue weighted by atomic mass is 32.1. The molecule has 0 unspecified atom stereocenters. The van der Waals surface area contributed by atoms with Gasteiger partial charge in [0.05, 0.1) is 21.5 Å². The van der Waals surface area contributed by atoms with Crippen LogP contribution in [0.15, 0.2) is 47.3 Å². The molecule has 0 aliphatic rings. The minimum absolute atomic E-state index is 0.253. The van der Waals surface area contributed by atoms with Crippen LogP contribution in [0.25, 0.3) is 20.2 Å². The Balaban J connectivity index is 1.82. The van der Waals surface area contributed by atoms with Gasteiger partial charge in [0.1, 0.15) is 17.7 Å². The lowest BCUT2D eigenvalue weighted by atomic mass is 10.1. The van der Waals surface area contributed by atoms with E-state index in [9.17, 15) is 18.4 Å². The van der Waals surface area contributed by atoms with Crippen LogP contribution in [-0.2, 0) is 4.79 Å². The number of anilines is 1. The summed E-state index contributed by atoms with van der Waals surface area (Å²) in [5.41, 5.74) is -0.0333. The van der Waals surface area contributed by atoms with Gasteiger partial charge < -0.3 is 5.32 Å². The Labute approximate surface area is 168 Å². The Hall–Kier alpha value is -3.13. The summed E-state index contributed by atoms with van der Waals surface area (Å²) < 4.78 is 30.2. The number of hydrogen-bond donors (Lipinski definition) is 1. The Bertz CT molecular complexity index is 1310. The summed E-state index contributed by atoms with van der Waals surface area (Å²) in [5.74, 6) is -2.07. The van der Waals surface area contributed by atoms with Crippen molar-refractivity contribution in [2.24, 2.45) is 0 Å². The van der Waals surface area contributed by atoms with Crippen LogP contribution in [0.2, 0.25) is 0 Å². The van der Waals surface area contributed by atoms with Crippen LogP contribution in [0.1, 0.15) is 25.1 Å². The lowest BCUT2D eigenvalue weighted by molar-refractivity contribution is -0.119. The zero-order chi connectivity index (χ0) is 20.7. The summed E-state index contributed by atoms with van der Waals surface area (Å²) in [6.45, 7) is 3.51. The van der Waals surface area contributed by atoms with Gasteiger partial charge in [-0.25, -0.2) is 13.5 Å². The van der Waals surface area contributed by atoms with Crippen molar-refractivity contribution in [3.05, 3.63) is 70.1 Å². The first-order valence-electron chi connectivity index (χ1n) is 9.07. The third-order valence-corrected chi connectivity index (χ3v) is 6.05. The van der Waals surface area contributed by atoms with Crippen molar-refractivity contribution in [2.75, 3.05) is 5.32 Å². The van der Waals surface area contributed by atoms with Crippen LogP contribution < -0.4 is 10.9 Å². The van der Waals surface area contributed by atoms with Gasteiger partial charge in [-0.2, -0.15) is 5.10 Å². The van der Waals surface area contributed by atoms with E-state index in [4.69, 9.17) is 0 Å². The number of nitrogens with zero attached hydrogens (tertiary/aromatic N) is 2. The average molecular weight is 413 g/mol. The SMILES string of the molecule is CC[C@H](C(=O)Nc1cc(F)ccc1F)n1nc(C)c2sc3ccccc3c2c1=O. The number of nitrogens with one attached hydrogen (secondary N) is 1. The highest BCUT2D eigenvalue weighted by molar-refractivity contribution is 7.26. The Morgan fingerprint density at radius 2 is 2.00 bits per heavy atom. The Kier molecular flexibility index (Phi) is 4.87. The van der Waals surface area contributed by atoms with Gasteiger partial charge >= 0.3 is 0 Å². The summed E-state index contributed by atoms with van der Waals surface area (Å²) in [6, 6.07) is 9.38. The van der Waals surface area contributed by atoms with E-state index in [0.717, 1.165) is 37.7 Å². The molecule has 8 heteroatoms. The zero-order valence-corrected chi connectivity index (χ0v) is 16.5. The lowest BCUT2D eigenvalue weighted by Gasteiger charge is -2.18. The zero-order valence-electron chi connectivity index (χ0n) is 15.7. The fourth-order valence-electron chi connectivity index (χ4n) is 3.37. The third kappa shape index (κ3) is 3.29. The molecule has 1 amide bonds. The van der Waals surface area contributed by atoms with E-state index in [0.29, 0.717) is 11.1 Å². The molecule has 148 valence electrons. The molecule has 4 aromatic rings. The van der Waals surface area contributed by atoms with Crippen molar-refractivity contribution >= 4 is 43.1 Å². The first-order valence-corrected chi connectivity index (χ1v) is 9.89. The molecular weight excluding hydrogens is 396 g/mol. The molecule has 0 bridgehead atoms. The van der Waals surface area contributed by atoms with E-state index in [1.54, 1.807) is 13.8 Å². The number of benzene rings is 2. The van der Waals surface area contributed by atoms with E-state index in [-0.39, 0.29) is 17.7 Å². The molecule has 0 saturated heterocycles. The number of fused-ring (bicyclic) bond motifs is 3. The predicted molar refractivity (Wildman–Crippen MR) is 110 cm³/mol. The van der Waals surface area contributed by atoms with Gasteiger partial charge in [0.15, 0.2) is 0 Å². The van der Waals surface area contributed by atoms with Crippen molar-refractivity contribution in [3.8, 4) is 0 Å². The summed E-state index contributed by atoms with van der Waals surface area (Å²) in [5, 5.41) is 8.05. The number of carbonyl (C=O) groups excluding carboxylic acids is 1. The van der Waals surface area contributed by atoms with Crippen molar-refractivity contribution in [1.29, 1.82) is 0 Å². The van der Waals surface area contributed by atoms with Crippen molar-refractivity contribution in [1.82, 2.24) is 9.78 Å². The molecule has 0 saturated carbocycles. The van der Waals surface area contributed by atoms with Gasteiger partial charge in [-0.15, -0.1) is 11.3 Å². The normalized spacial score (nSPS) is 12.4. The number of halogens is 2. The van der Waals surface area contributed by atoms with Gasteiger partial charge in [0.25, 0.3) is 5.56 Å². The van der Waals surface area contributed by atoms with Crippen LogP contribution >= 0.6 is 11.3 Å². The molecule has 0 aliphatic carbocycles. The maximum atomic E-state index is 13.9. The second kappa shape index (κ2) is 7.36. The maximum Gasteiger partial charge on any atom is 0.276 e. The predicted octanol–water partition coefficient (Wildman–Crippen LogP) is 4.79. The number of aromatic nitrogens is 2. The topological polar surface area (TPSA) is 64.0 Å². The standard InChI is InChI=1S/C21H17F2N3O2S/c1-3-16(20(27)24-15-10-12(22)8-9-14(15)23)26-21(28)18-13-6-4-5-7-17(13)29-19(18)11(2)25-26/h4-10,16H,3H2,1-2H3,(H,24,27)/t16-/m1/s1. The third-order valence-electron chi connectivity index (χ3n) is 4.77. The average Bonchev–Trinajstić information content (AvgIpc) is 3.09. The number of aryl methyl sites for hydroxylation is 1. The highest BCUT2D eigenvalue weighted by Crippen LogP contribution is 2.33. The largest absolute Gasteiger partial charge is 0.322 e. The molecule has 2 heterocycles. The van der Waals surface area contributed by atoms with E-state index in [1.807, 2.05) is 24.3 Å². The van der Waals surface area contributed by atoms with Gasteiger partial charge in [-0.1, -0.05) is 25.1 Å². The van der Waals surface area contributed by atoms with Crippen LogP contribution in [0, 0.1) is 18.6 Å². The van der Waals surface area contributed by atoms with Crippen LogP contribution in [0.4, 0.5) is 14.5 Å². The molecule has 2 aromatic carbocycles. The molecule has 2 aromatic heterocycles. The molecular formula is C21H17F2N3O2S. The first kappa shape index (κ1) is 19.2. The molecule has 0 radical (unpaired) electrons. The Morgan fingerprint density at radius 3 is 2.76 bits per heavy atom. The fourth-order valence-corrected chi connectivity index (χ4v) is 4.50. The minimum Gasteiger partial charge on any atom is -0.322 e. The van der Waals surface area contributed by atoms with E-state index < -0.39 is 23.6 Å². The molecule has 0 aliphatic heterocycles. The molecule has 4 rings (SSSR count). The molecule has 0 fully saturated rings. The molecule has 29 heavy (non-hydrogen) atoms.